The highest BCUT2D eigenvalue weighted by molar-refractivity contribution is 6.31. The lowest BCUT2D eigenvalue weighted by Crippen LogP contribution is -2.43. The molecular formula is C22H23N3O4. The molecule has 1 fully saturated rings. The molecule has 0 radical (unpaired) electrons. The maximum Gasteiger partial charge on any atom is 0.257 e. The average Bonchev–Trinajstić information content (AvgIpc) is 3.33. The lowest BCUT2D eigenvalue weighted by molar-refractivity contribution is -0.110. The van der Waals surface area contributed by atoms with Crippen molar-refractivity contribution < 1.29 is 19.0 Å². The van der Waals surface area contributed by atoms with Crippen LogP contribution in [0.1, 0.15) is 11.1 Å². The minimum absolute atomic E-state index is 0.0592. The molecule has 0 unspecified atom stereocenters. The summed E-state index contributed by atoms with van der Waals surface area (Å²) >= 11 is 0. The minimum Gasteiger partial charge on any atom is -0.497 e. The standard InChI is InChI=1S/C22H23N3O4/c1-27-16-3-4-19-17(11-16)18(22(26)23-19)13-25-8-6-24(7-9-25)12-15-2-5-20-21(10-15)29-14-28-20/h2-5,10-11,13H,6-9,12,14H2,1H3,(H,23,26)/b18-13+. The molecule has 3 aliphatic heterocycles. The monoisotopic (exact) mass is 393 g/mol. The van der Waals surface area contributed by atoms with Crippen LogP contribution in [0.25, 0.3) is 5.57 Å². The van der Waals surface area contributed by atoms with Gasteiger partial charge in [-0.05, 0) is 35.9 Å². The van der Waals surface area contributed by atoms with E-state index in [0.29, 0.717) is 12.4 Å². The van der Waals surface area contributed by atoms with Gasteiger partial charge in [-0.2, -0.15) is 0 Å². The summed E-state index contributed by atoms with van der Waals surface area (Å²) in [6.45, 7) is 4.80. The Bertz CT molecular complexity index is 980. The van der Waals surface area contributed by atoms with E-state index >= 15 is 0 Å². The largest absolute Gasteiger partial charge is 0.497 e. The fraction of sp³-hybridized carbons (Fsp3) is 0.318. The van der Waals surface area contributed by atoms with E-state index in [2.05, 4.69) is 27.2 Å². The van der Waals surface area contributed by atoms with Gasteiger partial charge in [0, 0.05) is 50.2 Å². The third-order valence-electron chi connectivity index (χ3n) is 5.57. The molecule has 2 aromatic rings. The number of piperazine rings is 1. The first-order valence-electron chi connectivity index (χ1n) is 9.76. The second kappa shape index (κ2) is 7.33. The number of ether oxygens (including phenoxy) is 3. The lowest BCUT2D eigenvalue weighted by atomic mass is 10.1. The highest BCUT2D eigenvalue weighted by atomic mass is 16.7. The molecule has 7 heteroatoms. The highest BCUT2D eigenvalue weighted by Crippen LogP contribution is 2.35. The van der Waals surface area contributed by atoms with E-state index in [4.69, 9.17) is 14.2 Å². The molecule has 1 amide bonds. The molecule has 3 heterocycles. The zero-order valence-electron chi connectivity index (χ0n) is 16.3. The van der Waals surface area contributed by atoms with Crippen LogP contribution in [0.4, 0.5) is 5.69 Å². The Kier molecular flexibility index (Phi) is 4.52. The molecular weight excluding hydrogens is 370 g/mol. The molecule has 1 saturated heterocycles. The topological polar surface area (TPSA) is 63.3 Å². The Morgan fingerprint density at radius 3 is 2.72 bits per heavy atom. The molecule has 0 saturated carbocycles. The number of benzene rings is 2. The number of nitrogens with zero attached hydrogens (tertiary/aromatic N) is 2. The number of hydrogen-bond donors (Lipinski definition) is 1. The fourth-order valence-electron chi connectivity index (χ4n) is 3.95. The molecule has 3 aliphatic rings. The predicted octanol–water partition coefficient (Wildman–Crippen LogP) is 2.53. The van der Waals surface area contributed by atoms with Crippen molar-refractivity contribution in [2.45, 2.75) is 6.54 Å². The van der Waals surface area contributed by atoms with Crippen LogP contribution in [0, 0.1) is 0 Å². The molecule has 0 aromatic heterocycles. The van der Waals surface area contributed by atoms with Crippen molar-refractivity contribution in [2.24, 2.45) is 0 Å². The molecule has 1 N–H and O–H groups in total. The summed E-state index contributed by atoms with van der Waals surface area (Å²) in [5, 5.41) is 2.93. The number of hydrogen-bond acceptors (Lipinski definition) is 6. The van der Waals surface area contributed by atoms with E-state index < -0.39 is 0 Å². The van der Waals surface area contributed by atoms with E-state index in [1.165, 1.54) is 5.56 Å². The van der Waals surface area contributed by atoms with Gasteiger partial charge in [0.1, 0.15) is 5.75 Å². The summed E-state index contributed by atoms with van der Waals surface area (Å²) in [6, 6.07) is 11.8. The van der Waals surface area contributed by atoms with Gasteiger partial charge in [0.05, 0.1) is 12.7 Å². The van der Waals surface area contributed by atoms with Crippen molar-refractivity contribution in [3.63, 3.8) is 0 Å². The Balaban J connectivity index is 1.24. The van der Waals surface area contributed by atoms with Gasteiger partial charge in [-0.1, -0.05) is 6.07 Å². The summed E-state index contributed by atoms with van der Waals surface area (Å²) in [4.78, 5) is 17.1. The predicted molar refractivity (Wildman–Crippen MR) is 109 cm³/mol. The zero-order valence-corrected chi connectivity index (χ0v) is 16.3. The maximum atomic E-state index is 12.4. The van der Waals surface area contributed by atoms with E-state index in [1.807, 2.05) is 30.5 Å². The molecule has 0 aliphatic carbocycles. The van der Waals surface area contributed by atoms with E-state index in [-0.39, 0.29) is 5.91 Å². The van der Waals surface area contributed by atoms with Crippen molar-refractivity contribution in [3.8, 4) is 17.2 Å². The van der Waals surface area contributed by atoms with Gasteiger partial charge in [0.25, 0.3) is 5.91 Å². The Labute approximate surface area is 169 Å². The molecule has 0 spiro atoms. The number of methoxy groups -OCH3 is 1. The second-order valence-corrected chi connectivity index (χ2v) is 7.41. The molecule has 0 atom stereocenters. The summed E-state index contributed by atoms with van der Waals surface area (Å²) < 4.78 is 16.2. The zero-order chi connectivity index (χ0) is 19.8. The van der Waals surface area contributed by atoms with Crippen molar-refractivity contribution in [1.82, 2.24) is 9.80 Å². The van der Waals surface area contributed by atoms with Gasteiger partial charge in [-0.25, -0.2) is 0 Å². The van der Waals surface area contributed by atoms with Crippen LogP contribution >= 0.6 is 0 Å². The number of amides is 1. The SMILES string of the molecule is COc1ccc2c(c1)/C(=C\N1CCN(Cc3ccc4c(c3)OCO4)CC1)C(=O)N2. The lowest BCUT2D eigenvalue weighted by Gasteiger charge is -2.34. The second-order valence-electron chi connectivity index (χ2n) is 7.41. The Morgan fingerprint density at radius 2 is 1.90 bits per heavy atom. The number of nitrogens with one attached hydrogen (secondary N) is 1. The number of fused-ring (bicyclic) bond motifs is 2. The van der Waals surface area contributed by atoms with Crippen molar-refractivity contribution in [3.05, 3.63) is 53.7 Å². The first-order valence-corrected chi connectivity index (χ1v) is 9.76. The third-order valence-corrected chi connectivity index (χ3v) is 5.57. The first kappa shape index (κ1) is 17.9. The fourth-order valence-corrected chi connectivity index (χ4v) is 3.95. The van der Waals surface area contributed by atoms with E-state index in [9.17, 15) is 4.79 Å². The molecule has 5 rings (SSSR count). The number of carbonyl (C=O) groups excluding carboxylic acids is 1. The first-order chi connectivity index (χ1) is 14.2. The molecule has 2 aromatic carbocycles. The molecule has 0 bridgehead atoms. The van der Waals surface area contributed by atoms with Crippen LogP contribution in [-0.2, 0) is 11.3 Å². The number of rotatable bonds is 4. The average molecular weight is 393 g/mol. The van der Waals surface area contributed by atoms with Crippen LogP contribution in [0.3, 0.4) is 0 Å². The van der Waals surface area contributed by atoms with Gasteiger partial charge < -0.3 is 24.4 Å². The van der Waals surface area contributed by atoms with Crippen molar-refractivity contribution in [1.29, 1.82) is 0 Å². The van der Waals surface area contributed by atoms with E-state index in [0.717, 1.165) is 61.2 Å². The summed E-state index contributed by atoms with van der Waals surface area (Å²) in [7, 11) is 1.63. The Morgan fingerprint density at radius 1 is 1.07 bits per heavy atom. The van der Waals surface area contributed by atoms with Gasteiger partial charge >= 0.3 is 0 Å². The van der Waals surface area contributed by atoms with Crippen LogP contribution in [-0.4, -0.2) is 55.8 Å². The van der Waals surface area contributed by atoms with Crippen molar-refractivity contribution in [2.75, 3.05) is 45.4 Å². The van der Waals surface area contributed by atoms with Crippen LogP contribution in [0.2, 0.25) is 0 Å². The van der Waals surface area contributed by atoms with Gasteiger partial charge in [-0.3, -0.25) is 9.69 Å². The summed E-state index contributed by atoms with van der Waals surface area (Å²) in [5.74, 6) is 2.33. The molecule has 150 valence electrons. The minimum atomic E-state index is -0.0592. The van der Waals surface area contributed by atoms with E-state index in [1.54, 1.807) is 7.11 Å². The Hall–Kier alpha value is -3.19. The number of anilines is 1. The maximum absolute atomic E-state index is 12.4. The van der Waals surface area contributed by atoms with Crippen LogP contribution in [0.5, 0.6) is 17.2 Å². The van der Waals surface area contributed by atoms with Crippen molar-refractivity contribution >= 4 is 17.2 Å². The third kappa shape index (κ3) is 3.49. The smallest absolute Gasteiger partial charge is 0.257 e. The normalized spacial score (nSPS) is 19.4. The summed E-state index contributed by atoms with van der Waals surface area (Å²) in [5.41, 5.74) is 3.65. The van der Waals surface area contributed by atoms with Crippen LogP contribution in [0.15, 0.2) is 42.6 Å². The highest BCUT2D eigenvalue weighted by Gasteiger charge is 2.26. The number of carbonyl (C=O) groups is 1. The van der Waals surface area contributed by atoms with Crippen LogP contribution < -0.4 is 19.5 Å². The van der Waals surface area contributed by atoms with Gasteiger partial charge in [0.2, 0.25) is 6.79 Å². The van der Waals surface area contributed by atoms with Gasteiger partial charge in [-0.15, -0.1) is 0 Å². The van der Waals surface area contributed by atoms with Gasteiger partial charge in [0.15, 0.2) is 11.5 Å². The quantitative estimate of drug-likeness (QED) is 0.806. The summed E-state index contributed by atoms with van der Waals surface area (Å²) in [6.07, 6.45) is 1.98. The molecule has 29 heavy (non-hydrogen) atoms. The molecule has 7 nitrogen and oxygen atoms in total.